The van der Waals surface area contributed by atoms with E-state index in [0.29, 0.717) is 39.3 Å². The first-order valence-electron chi connectivity index (χ1n) is 8.19. The van der Waals surface area contributed by atoms with Crippen LogP contribution in [0.2, 0.25) is 0 Å². The fraction of sp³-hybridized carbons (Fsp3) is 0.529. The molecule has 1 saturated heterocycles. The molecule has 1 aromatic carbocycles. The van der Waals surface area contributed by atoms with Gasteiger partial charge in [0.1, 0.15) is 0 Å². The number of nitrogens with one attached hydrogen (secondary N) is 2. The molecule has 2 aliphatic rings. The predicted molar refractivity (Wildman–Crippen MR) is 87.4 cm³/mol. The van der Waals surface area contributed by atoms with Crippen LogP contribution in [0.25, 0.3) is 0 Å². The number of carbonyl (C=O) groups is 2. The lowest BCUT2D eigenvalue weighted by Crippen LogP contribution is -2.43. The Morgan fingerprint density at radius 1 is 1.43 bits per heavy atom. The number of amides is 3. The van der Waals surface area contributed by atoms with Crippen molar-refractivity contribution in [3.8, 4) is 0 Å². The zero-order chi connectivity index (χ0) is 16.3. The molecule has 2 aliphatic heterocycles. The van der Waals surface area contributed by atoms with Gasteiger partial charge in [0.2, 0.25) is 5.91 Å². The number of fused-ring (bicyclic) bond motifs is 2. The quantitative estimate of drug-likeness (QED) is 0.812. The molecular weight excluding hydrogens is 294 g/mol. The molecule has 0 unspecified atom stereocenters. The van der Waals surface area contributed by atoms with Crippen LogP contribution in [-0.4, -0.2) is 49.7 Å². The van der Waals surface area contributed by atoms with E-state index < -0.39 is 5.41 Å². The largest absolute Gasteiger partial charge is 0.382 e. The molecule has 1 aromatic rings. The molecule has 0 aromatic heterocycles. The molecule has 2 heterocycles. The van der Waals surface area contributed by atoms with Crippen LogP contribution >= 0.6 is 0 Å². The van der Waals surface area contributed by atoms with Gasteiger partial charge in [-0.3, -0.25) is 4.79 Å². The molecule has 1 spiro atoms. The fourth-order valence-corrected chi connectivity index (χ4v) is 3.39. The number of carbonyl (C=O) groups excluding carboxylic acids is 2. The second kappa shape index (κ2) is 6.58. The third-order valence-corrected chi connectivity index (χ3v) is 4.63. The Kier molecular flexibility index (Phi) is 4.52. The third-order valence-electron chi connectivity index (χ3n) is 4.63. The lowest BCUT2D eigenvalue weighted by Gasteiger charge is -2.22. The molecule has 23 heavy (non-hydrogen) atoms. The van der Waals surface area contributed by atoms with Crippen LogP contribution in [0, 0.1) is 0 Å². The number of benzene rings is 1. The zero-order valence-corrected chi connectivity index (χ0v) is 13.4. The van der Waals surface area contributed by atoms with Crippen LogP contribution in [0.4, 0.5) is 10.5 Å². The zero-order valence-electron chi connectivity index (χ0n) is 13.4. The van der Waals surface area contributed by atoms with E-state index in [1.54, 1.807) is 4.90 Å². The standard InChI is InChI=1S/C17H23N3O3/c1-2-23-11-5-9-18-16(22)20-10-8-17(12-20)13-6-3-4-7-14(13)19-15(17)21/h3-4,6-7H,2,5,8-12H2,1H3,(H,18,22)(H,19,21)/t17-/m1/s1. The molecule has 3 rings (SSSR count). The molecular formula is C17H23N3O3. The monoisotopic (exact) mass is 317 g/mol. The highest BCUT2D eigenvalue weighted by Crippen LogP contribution is 2.43. The molecule has 0 saturated carbocycles. The van der Waals surface area contributed by atoms with Gasteiger partial charge in [0.15, 0.2) is 0 Å². The summed E-state index contributed by atoms with van der Waals surface area (Å²) in [6, 6.07) is 7.65. The molecule has 1 atom stereocenters. The topological polar surface area (TPSA) is 70.7 Å². The number of hydrogen-bond donors (Lipinski definition) is 2. The third kappa shape index (κ3) is 2.91. The molecule has 124 valence electrons. The predicted octanol–water partition coefficient (Wildman–Crippen LogP) is 1.72. The highest BCUT2D eigenvalue weighted by Gasteiger charge is 2.51. The van der Waals surface area contributed by atoms with Gasteiger partial charge >= 0.3 is 6.03 Å². The molecule has 0 bridgehead atoms. The van der Waals surface area contributed by atoms with Crippen molar-refractivity contribution >= 4 is 17.6 Å². The van der Waals surface area contributed by atoms with Gasteiger partial charge in [-0.1, -0.05) is 18.2 Å². The number of ether oxygens (including phenoxy) is 1. The van der Waals surface area contributed by atoms with E-state index in [-0.39, 0.29) is 11.9 Å². The minimum Gasteiger partial charge on any atom is -0.382 e. The maximum atomic E-state index is 12.5. The van der Waals surface area contributed by atoms with Gasteiger partial charge in [-0.05, 0) is 31.4 Å². The van der Waals surface area contributed by atoms with Crippen molar-refractivity contribution in [1.29, 1.82) is 0 Å². The van der Waals surface area contributed by atoms with Crippen molar-refractivity contribution in [2.75, 3.05) is 38.2 Å². The van der Waals surface area contributed by atoms with E-state index in [9.17, 15) is 9.59 Å². The molecule has 0 aliphatic carbocycles. The summed E-state index contributed by atoms with van der Waals surface area (Å²) >= 11 is 0. The Hall–Kier alpha value is -2.08. The highest BCUT2D eigenvalue weighted by molar-refractivity contribution is 6.07. The Morgan fingerprint density at radius 3 is 3.09 bits per heavy atom. The summed E-state index contributed by atoms with van der Waals surface area (Å²) in [7, 11) is 0. The van der Waals surface area contributed by atoms with Crippen LogP contribution in [0.1, 0.15) is 25.3 Å². The van der Waals surface area contributed by atoms with Crippen molar-refractivity contribution in [3.05, 3.63) is 29.8 Å². The highest BCUT2D eigenvalue weighted by atomic mass is 16.5. The molecule has 6 nitrogen and oxygen atoms in total. The fourth-order valence-electron chi connectivity index (χ4n) is 3.39. The van der Waals surface area contributed by atoms with Crippen LogP contribution in [0.15, 0.2) is 24.3 Å². The van der Waals surface area contributed by atoms with E-state index in [1.807, 2.05) is 31.2 Å². The lowest BCUT2D eigenvalue weighted by atomic mass is 9.81. The second-order valence-corrected chi connectivity index (χ2v) is 6.04. The Bertz CT molecular complexity index is 605. The Labute approximate surface area is 136 Å². The Morgan fingerprint density at radius 2 is 2.26 bits per heavy atom. The average Bonchev–Trinajstić information content (AvgIpc) is 3.12. The average molecular weight is 317 g/mol. The smallest absolute Gasteiger partial charge is 0.317 e. The molecule has 3 amide bonds. The first-order chi connectivity index (χ1) is 11.2. The number of urea groups is 1. The summed E-state index contributed by atoms with van der Waals surface area (Å²) < 4.78 is 5.25. The first kappa shape index (κ1) is 15.8. The number of para-hydroxylation sites is 1. The van der Waals surface area contributed by atoms with Crippen molar-refractivity contribution < 1.29 is 14.3 Å². The number of nitrogens with zero attached hydrogens (tertiary/aromatic N) is 1. The van der Waals surface area contributed by atoms with Gasteiger partial charge in [0, 0.05) is 38.5 Å². The summed E-state index contributed by atoms with van der Waals surface area (Å²) in [5.41, 5.74) is 1.30. The maximum absolute atomic E-state index is 12.5. The van der Waals surface area contributed by atoms with E-state index in [1.165, 1.54) is 0 Å². The molecule has 0 radical (unpaired) electrons. The molecule has 1 fully saturated rings. The van der Waals surface area contributed by atoms with Crippen molar-refractivity contribution in [1.82, 2.24) is 10.2 Å². The first-order valence-corrected chi connectivity index (χ1v) is 8.19. The van der Waals surface area contributed by atoms with E-state index in [4.69, 9.17) is 4.74 Å². The van der Waals surface area contributed by atoms with E-state index >= 15 is 0 Å². The minimum absolute atomic E-state index is 0.00495. The van der Waals surface area contributed by atoms with Crippen LogP contribution in [0.3, 0.4) is 0 Å². The van der Waals surface area contributed by atoms with Crippen LogP contribution in [0.5, 0.6) is 0 Å². The summed E-state index contributed by atoms with van der Waals surface area (Å²) in [5.74, 6) is 0.00495. The maximum Gasteiger partial charge on any atom is 0.317 e. The second-order valence-electron chi connectivity index (χ2n) is 6.04. The van der Waals surface area contributed by atoms with Gasteiger partial charge in [0.05, 0.1) is 5.41 Å². The van der Waals surface area contributed by atoms with Gasteiger partial charge in [-0.25, -0.2) is 4.79 Å². The summed E-state index contributed by atoms with van der Waals surface area (Å²) in [6.07, 6.45) is 1.46. The minimum atomic E-state index is -0.584. The van der Waals surface area contributed by atoms with Crippen molar-refractivity contribution in [2.24, 2.45) is 0 Å². The number of rotatable bonds is 5. The normalized spacial score (nSPS) is 22.3. The van der Waals surface area contributed by atoms with Crippen LogP contribution in [-0.2, 0) is 14.9 Å². The lowest BCUT2D eigenvalue weighted by molar-refractivity contribution is -0.120. The molecule has 6 heteroatoms. The van der Waals surface area contributed by atoms with E-state index in [2.05, 4.69) is 10.6 Å². The van der Waals surface area contributed by atoms with E-state index in [0.717, 1.165) is 17.7 Å². The number of hydrogen-bond acceptors (Lipinski definition) is 3. The molecule has 2 N–H and O–H groups in total. The summed E-state index contributed by atoms with van der Waals surface area (Å²) in [6.45, 7) is 4.91. The van der Waals surface area contributed by atoms with Gasteiger partial charge in [0.25, 0.3) is 0 Å². The van der Waals surface area contributed by atoms with Crippen LogP contribution < -0.4 is 10.6 Å². The summed E-state index contributed by atoms with van der Waals surface area (Å²) in [5, 5.41) is 5.85. The summed E-state index contributed by atoms with van der Waals surface area (Å²) in [4.78, 5) is 26.5. The van der Waals surface area contributed by atoms with Gasteiger partial charge in [-0.15, -0.1) is 0 Å². The number of anilines is 1. The van der Waals surface area contributed by atoms with Gasteiger partial charge < -0.3 is 20.3 Å². The van der Waals surface area contributed by atoms with Gasteiger partial charge in [-0.2, -0.15) is 0 Å². The Balaban J connectivity index is 1.60. The SMILES string of the molecule is CCOCCCNC(=O)N1CC[C@]2(C1)C(=O)Nc1ccccc12. The van der Waals surface area contributed by atoms with Crippen molar-refractivity contribution in [2.45, 2.75) is 25.2 Å². The number of likely N-dealkylation sites (tertiary alicyclic amines) is 1. The van der Waals surface area contributed by atoms with Crippen molar-refractivity contribution in [3.63, 3.8) is 0 Å².